The quantitative estimate of drug-likeness (QED) is 0.812. The molecule has 6 nitrogen and oxygen atoms in total. The van der Waals surface area contributed by atoms with Crippen LogP contribution >= 0.6 is 0 Å². The van der Waals surface area contributed by atoms with E-state index >= 15 is 0 Å². The molecule has 0 atom stereocenters. The Morgan fingerprint density at radius 1 is 1.15 bits per heavy atom. The van der Waals surface area contributed by atoms with E-state index in [2.05, 4.69) is 0 Å². The van der Waals surface area contributed by atoms with Crippen molar-refractivity contribution in [3.63, 3.8) is 0 Å². The molecule has 6 heteroatoms. The van der Waals surface area contributed by atoms with Crippen molar-refractivity contribution in [1.82, 2.24) is 9.80 Å². The number of methoxy groups -OCH3 is 1. The number of hydrogen-bond acceptors (Lipinski definition) is 4. The molecule has 1 aromatic rings. The number of carbonyl (C=O) groups is 2. The minimum Gasteiger partial charge on any atom is -0.497 e. The molecule has 1 aromatic carbocycles. The molecule has 0 aliphatic carbocycles. The van der Waals surface area contributed by atoms with Crippen molar-refractivity contribution in [2.45, 2.75) is 13.5 Å². The summed E-state index contributed by atoms with van der Waals surface area (Å²) in [5.74, 6) is 0.571. The molecule has 1 aliphatic heterocycles. The second-order valence-electron chi connectivity index (χ2n) is 4.77. The molecule has 0 aromatic heterocycles. The Bertz CT molecular complexity index is 530. The molecule has 0 spiro atoms. The van der Waals surface area contributed by atoms with Crippen molar-refractivity contribution in [3.8, 4) is 5.75 Å². The van der Waals surface area contributed by atoms with Crippen LogP contribution < -0.4 is 10.5 Å². The van der Waals surface area contributed by atoms with Crippen LogP contribution in [0.3, 0.4) is 0 Å². The maximum Gasteiger partial charge on any atom is 0.242 e. The van der Waals surface area contributed by atoms with E-state index in [-0.39, 0.29) is 24.9 Å². The van der Waals surface area contributed by atoms with Gasteiger partial charge in [0.2, 0.25) is 11.8 Å². The summed E-state index contributed by atoms with van der Waals surface area (Å²) in [4.78, 5) is 27.0. The van der Waals surface area contributed by atoms with Gasteiger partial charge < -0.3 is 20.3 Å². The minimum absolute atomic E-state index is 0.0250. The van der Waals surface area contributed by atoms with Gasteiger partial charge in [0.15, 0.2) is 0 Å². The van der Waals surface area contributed by atoms with Crippen LogP contribution in [-0.2, 0) is 16.1 Å². The maximum absolute atomic E-state index is 12.0. The van der Waals surface area contributed by atoms with E-state index in [1.807, 2.05) is 13.0 Å². The third-order valence-electron chi connectivity index (χ3n) is 3.34. The maximum atomic E-state index is 12.0. The summed E-state index contributed by atoms with van der Waals surface area (Å²) >= 11 is 0. The lowest BCUT2D eigenvalue weighted by Crippen LogP contribution is -2.53. The number of nitrogens with zero attached hydrogens (tertiary/aromatic N) is 2. The monoisotopic (exact) mass is 277 g/mol. The number of carbonyl (C=O) groups excluding carboxylic acids is 2. The number of nitrogens with two attached hydrogens (primary N) is 1. The van der Waals surface area contributed by atoms with Crippen LogP contribution in [0.15, 0.2) is 18.2 Å². The van der Waals surface area contributed by atoms with Crippen molar-refractivity contribution in [1.29, 1.82) is 0 Å². The zero-order chi connectivity index (χ0) is 14.7. The fraction of sp³-hybridized carbons (Fsp3) is 0.429. The van der Waals surface area contributed by atoms with E-state index < -0.39 is 0 Å². The van der Waals surface area contributed by atoms with E-state index in [0.717, 1.165) is 5.56 Å². The highest BCUT2D eigenvalue weighted by Gasteiger charge is 2.28. The predicted molar refractivity (Wildman–Crippen MR) is 75.1 cm³/mol. The van der Waals surface area contributed by atoms with E-state index in [9.17, 15) is 9.59 Å². The van der Waals surface area contributed by atoms with Gasteiger partial charge in [0.05, 0.1) is 13.7 Å². The van der Waals surface area contributed by atoms with Crippen LogP contribution in [0, 0.1) is 0 Å². The van der Waals surface area contributed by atoms with Gasteiger partial charge in [0.1, 0.15) is 12.3 Å². The van der Waals surface area contributed by atoms with E-state index in [4.69, 9.17) is 10.5 Å². The van der Waals surface area contributed by atoms with Crippen LogP contribution in [-0.4, -0.2) is 48.4 Å². The van der Waals surface area contributed by atoms with Crippen molar-refractivity contribution in [2.24, 2.45) is 0 Å². The van der Waals surface area contributed by atoms with Gasteiger partial charge in [-0.1, -0.05) is 0 Å². The molecule has 20 heavy (non-hydrogen) atoms. The number of nitrogen functional groups attached to an aromatic ring is 1. The summed E-state index contributed by atoms with van der Waals surface area (Å²) in [7, 11) is 1.56. The molecule has 1 aliphatic rings. The Morgan fingerprint density at radius 2 is 1.80 bits per heavy atom. The van der Waals surface area contributed by atoms with Gasteiger partial charge in [0.25, 0.3) is 0 Å². The van der Waals surface area contributed by atoms with Gasteiger partial charge in [-0.15, -0.1) is 0 Å². The van der Waals surface area contributed by atoms with E-state index in [0.29, 0.717) is 24.5 Å². The fourth-order valence-electron chi connectivity index (χ4n) is 2.25. The number of likely N-dealkylation sites (N-methyl/N-ethyl adjacent to an activating group) is 1. The summed E-state index contributed by atoms with van der Waals surface area (Å²) < 4.78 is 5.15. The highest BCUT2D eigenvalue weighted by molar-refractivity contribution is 5.92. The van der Waals surface area contributed by atoms with Crippen molar-refractivity contribution in [3.05, 3.63) is 23.8 Å². The third kappa shape index (κ3) is 3.01. The largest absolute Gasteiger partial charge is 0.497 e. The third-order valence-corrected chi connectivity index (χ3v) is 3.34. The van der Waals surface area contributed by atoms with Crippen molar-refractivity contribution in [2.75, 3.05) is 32.5 Å². The molecular formula is C14H19N3O3. The topological polar surface area (TPSA) is 75.9 Å². The Balaban J connectivity index is 2.12. The summed E-state index contributed by atoms with van der Waals surface area (Å²) in [5.41, 5.74) is 7.22. The highest BCUT2D eigenvalue weighted by Crippen LogP contribution is 2.20. The molecule has 0 saturated carbocycles. The van der Waals surface area contributed by atoms with Crippen LogP contribution in [0.25, 0.3) is 0 Å². The number of amides is 2. The first-order valence-electron chi connectivity index (χ1n) is 6.52. The molecule has 108 valence electrons. The summed E-state index contributed by atoms with van der Waals surface area (Å²) in [6.07, 6.45) is 0. The number of benzene rings is 1. The number of rotatable bonds is 4. The Labute approximate surface area is 118 Å². The first kappa shape index (κ1) is 14.2. The number of piperazine rings is 1. The Hall–Kier alpha value is -2.24. The molecule has 0 bridgehead atoms. The molecule has 0 unspecified atom stereocenters. The van der Waals surface area contributed by atoms with Gasteiger partial charge >= 0.3 is 0 Å². The van der Waals surface area contributed by atoms with Crippen molar-refractivity contribution >= 4 is 17.5 Å². The first-order chi connectivity index (χ1) is 9.53. The second kappa shape index (κ2) is 5.81. The molecule has 2 N–H and O–H groups in total. The van der Waals surface area contributed by atoms with Gasteiger partial charge in [-0.05, 0) is 24.6 Å². The zero-order valence-corrected chi connectivity index (χ0v) is 11.8. The molecule has 2 rings (SSSR count). The molecule has 1 fully saturated rings. The molecule has 1 heterocycles. The lowest BCUT2D eigenvalue weighted by molar-refractivity contribution is -0.150. The Morgan fingerprint density at radius 3 is 2.45 bits per heavy atom. The van der Waals surface area contributed by atoms with Crippen LogP contribution in [0.4, 0.5) is 5.69 Å². The van der Waals surface area contributed by atoms with Gasteiger partial charge in [0, 0.05) is 24.8 Å². The van der Waals surface area contributed by atoms with Gasteiger partial charge in [-0.2, -0.15) is 0 Å². The van der Waals surface area contributed by atoms with Crippen molar-refractivity contribution < 1.29 is 14.3 Å². The Kier molecular flexibility index (Phi) is 4.12. The van der Waals surface area contributed by atoms with Crippen LogP contribution in [0.5, 0.6) is 5.75 Å². The SMILES string of the molecule is CCN1CC(=O)N(Cc2cc(N)cc(OC)c2)CC1=O. The lowest BCUT2D eigenvalue weighted by Gasteiger charge is -2.33. The molecule has 1 saturated heterocycles. The number of hydrogen-bond donors (Lipinski definition) is 1. The number of anilines is 1. The van der Waals surface area contributed by atoms with E-state index in [1.54, 1.807) is 29.0 Å². The van der Waals surface area contributed by atoms with E-state index in [1.165, 1.54) is 0 Å². The summed E-state index contributed by atoms with van der Waals surface area (Å²) in [6, 6.07) is 5.32. The first-order valence-corrected chi connectivity index (χ1v) is 6.52. The summed E-state index contributed by atoms with van der Waals surface area (Å²) in [6.45, 7) is 3.05. The minimum atomic E-state index is -0.0483. The van der Waals surface area contributed by atoms with Crippen LogP contribution in [0.2, 0.25) is 0 Å². The summed E-state index contributed by atoms with van der Waals surface area (Å²) in [5, 5.41) is 0. The molecule has 2 amide bonds. The van der Waals surface area contributed by atoms with Gasteiger partial charge in [-0.25, -0.2) is 0 Å². The fourth-order valence-corrected chi connectivity index (χ4v) is 2.25. The lowest BCUT2D eigenvalue weighted by atomic mass is 10.1. The smallest absolute Gasteiger partial charge is 0.242 e. The average molecular weight is 277 g/mol. The highest BCUT2D eigenvalue weighted by atomic mass is 16.5. The number of ether oxygens (including phenoxy) is 1. The molecule has 0 radical (unpaired) electrons. The van der Waals surface area contributed by atoms with Crippen LogP contribution in [0.1, 0.15) is 12.5 Å². The standard InChI is InChI=1S/C14H19N3O3/c1-3-16-8-14(19)17(9-13(16)18)7-10-4-11(15)6-12(5-10)20-2/h4-6H,3,7-9,15H2,1-2H3. The molecular weight excluding hydrogens is 258 g/mol. The predicted octanol–water partition coefficient (Wildman–Crippen LogP) is 0.468. The average Bonchev–Trinajstić information content (AvgIpc) is 2.41. The second-order valence-corrected chi connectivity index (χ2v) is 4.77. The normalized spacial score (nSPS) is 15.7. The zero-order valence-electron chi connectivity index (χ0n) is 11.8. The van der Waals surface area contributed by atoms with Gasteiger partial charge in [-0.3, -0.25) is 9.59 Å².